The van der Waals surface area contributed by atoms with E-state index in [0.29, 0.717) is 5.92 Å². The molecule has 0 bridgehead atoms. The molecule has 0 aliphatic rings. The van der Waals surface area contributed by atoms with E-state index >= 15 is 0 Å². The lowest BCUT2D eigenvalue weighted by Crippen LogP contribution is -2.30. The number of aromatic nitrogens is 2. The van der Waals surface area contributed by atoms with Crippen molar-refractivity contribution in [2.24, 2.45) is 11.8 Å². The molecule has 0 spiro atoms. The molecule has 4 nitrogen and oxygen atoms in total. The van der Waals surface area contributed by atoms with Crippen LogP contribution in [-0.4, -0.2) is 9.97 Å². The molecule has 2 rings (SSSR count). The van der Waals surface area contributed by atoms with Crippen LogP contribution in [0.1, 0.15) is 44.8 Å². The minimum atomic E-state index is 0.0682. The molecule has 19 heavy (non-hydrogen) atoms. The molecule has 1 aromatic heterocycles. The monoisotopic (exact) mass is 258 g/mol. The van der Waals surface area contributed by atoms with Crippen LogP contribution >= 0.6 is 0 Å². The molecule has 1 aromatic carbocycles. The molecule has 4 heteroatoms. The lowest BCUT2D eigenvalue weighted by molar-refractivity contribution is 0.389. The third kappa shape index (κ3) is 3.49. The molecule has 1 heterocycles. The molecule has 0 saturated heterocycles. The highest BCUT2D eigenvalue weighted by atomic mass is 15.2. The van der Waals surface area contributed by atoms with Crippen LogP contribution in [0.2, 0.25) is 0 Å². The van der Waals surface area contributed by atoms with Gasteiger partial charge in [0.25, 0.3) is 0 Å². The molecular formula is C15H22N4. The molecule has 3 N–H and O–H groups in total. The number of fused-ring (bicyclic) bond motifs is 1. The Morgan fingerprint density at radius 3 is 2.68 bits per heavy atom. The van der Waals surface area contributed by atoms with E-state index in [1.807, 2.05) is 30.5 Å². The fourth-order valence-corrected chi connectivity index (χ4v) is 2.43. The second-order valence-corrected chi connectivity index (χ2v) is 5.13. The van der Waals surface area contributed by atoms with E-state index in [2.05, 4.69) is 29.2 Å². The number of hydrogen-bond donors (Lipinski definition) is 2. The Morgan fingerprint density at radius 2 is 2.00 bits per heavy atom. The number of rotatable bonds is 6. The summed E-state index contributed by atoms with van der Waals surface area (Å²) >= 11 is 0. The zero-order chi connectivity index (χ0) is 13.7. The minimum Gasteiger partial charge on any atom is -0.271 e. The number of hydrazine groups is 1. The second-order valence-electron chi connectivity index (χ2n) is 5.13. The maximum Gasteiger partial charge on any atom is 0.0890 e. The Morgan fingerprint density at radius 1 is 1.26 bits per heavy atom. The van der Waals surface area contributed by atoms with Crippen molar-refractivity contribution in [2.75, 3.05) is 0 Å². The summed E-state index contributed by atoms with van der Waals surface area (Å²) < 4.78 is 0. The van der Waals surface area contributed by atoms with Crippen LogP contribution < -0.4 is 11.3 Å². The van der Waals surface area contributed by atoms with E-state index in [1.165, 1.54) is 12.8 Å². The van der Waals surface area contributed by atoms with Gasteiger partial charge in [0.2, 0.25) is 0 Å². The molecule has 0 aliphatic heterocycles. The highest BCUT2D eigenvalue weighted by Crippen LogP contribution is 2.22. The van der Waals surface area contributed by atoms with Gasteiger partial charge < -0.3 is 0 Å². The van der Waals surface area contributed by atoms with Gasteiger partial charge in [-0.2, -0.15) is 0 Å². The Balaban J connectivity index is 2.20. The van der Waals surface area contributed by atoms with E-state index in [4.69, 9.17) is 5.84 Å². The van der Waals surface area contributed by atoms with Crippen LogP contribution in [0, 0.1) is 5.92 Å². The third-order valence-electron chi connectivity index (χ3n) is 3.44. The van der Waals surface area contributed by atoms with Crippen molar-refractivity contribution in [3.8, 4) is 0 Å². The van der Waals surface area contributed by atoms with Crippen LogP contribution in [0.25, 0.3) is 11.0 Å². The Kier molecular flexibility index (Phi) is 4.82. The van der Waals surface area contributed by atoms with Crippen molar-refractivity contribution < 1.29 is 0 Å². The van der Waals surface area contributed by atoms with E-state index in [9.17, 15) is 0 Å². The van der Waals surface area contributed by atoms with Crippen molar-refractivity contribution in [3.05, 3.63) is 36.2 Å². The zero-order valence-electron chi connectivity index (χ0n) is 11.6. The van der Waals surface area contributed by atoms with Crippen LogP contribution in [0.15, 0.2) is 30.5 Å². The van der Waals surface area contributed by atoms with Crippen LogP contribution in [0.3, 0.4) is 0 Å². The summed E-state index contributed by atoms with van der Waals surface area (Å²) in [5, 5.41) is 0. The lowest BCUT2D eigenvalue weighted by Gasteiger charge is -2.19. The summed E-state index contributed by atoms with van der Waals surface area (Å²) in [4.78, 5) is 9.10. The number of benzene rings is 1. The van der Waals surface area contributed by atoms with Gasteiger partial charge in [0.15, 0.2) is 0 Å². The van der Waals surface area contributed by atoms with Crippen molar-refractivity contribution in [1.82, 2.24) is 15.4 Å². The quantitative estimate of drug-likeness (QED) is 0.617. The Labute approximate surface area is 114 Å². The number of nitrogens with two attached hydrogens (primary N) is 1. The highest BCUT2D eigenvalue weighted by molar-refractivity contribution is 5.73. The molecule has 2 aromatic rings. The number of hydrogen-bond acceptors (Lipinski definition) is 4. The SMILES string of the molecule is CCCC(C)CC(NN)c1cnc2ccccc2n1. The van der Waals surface area contributed by atoms with Gasteiger partial charge >= 0.3 is 0 Å². The fourth-order valence-electron chi connectivity index (χ4n) is 2.43. The predicted octanol–water partition coefficient (Wildman–Crippen LogP) is 2.96. The van der Waals surface area contributed by atoms with Gasteiger partial charge in [0, 0.05) is 0 Å². The van der Waals surface area contributed by atoms with E-state index in [1.54, 1.807) is 0 Å². The minimum absolute atomic E-state index is 0.0682. The molecule has 2 unspecified atom stereocenters. The van der Waals surface area contributed by atoms with E-state index in [-0.39, 0.29) is 6.04 Å². The van der Waals surface area contributed by atoms with Gasteiger partial charge in [0.05, 0.1) is 29.0 Å². The molecule has 0 amide bonds. The second kappa shape index (κ2) is 6.59. The number of nitrogens with one attached hydrogen (secondary N) is 1. The van der Waals surface area contributed by atoms with Crippen molar-refractivity contribution in [1.29, 1.82) is 0 Å². The van der Waals surface area contributed by atoms with E-state index < -0.39 is 0 Å². The highest BCUT2D eigenvalue weighted by Gasteiger charge is 2.15. The summed E-state index contributed by atoms with van der Waals surface area (Å²) in [5.41, 5.74) is 5.63. The van der Waals surface area contributed by atoms with Gasteiger partial charge in [-0.25, -0.2) is 4.98 Å². The fraction of sp³-hybridized carbons (Fsp3) is 0.467. The first-order valence-corrected chi connectivity index (χ1v) is 6.92. The van der Waals surface area contributed by atoms with Gasteiger partial charge in [-0.05, 0) is 24.5 Å². The van der Waals surface area contributed by atoms with Crippen LogP contribution in [0.5, 0.6) is 0 Å². The van der Waals surface area contributed by atoms with Crippen molar-refractivity contribution >= 4 is 11.0 Å². The molecule has 0 saturated carbocycles. The normalized spacial score (nSPS) is 14.5. The van der Waals surface area contributed by atoms with Crippen molar-refractivity contribution in [2.45, 2.75) is 39.2 Å². The van der Waals surface area contributed by atoms with Gasteiger partial charge in [0.1, 0.15) is 0 Å². The molecule has 0 radical (unpaired) electrons. The van der Waals surface area contributed by atoms with E-state index in [0.717, 1.165) is 23.1 Å². The van der Waals surface area contributed by atoms with Gasteiger partial charge in [-0.15, -0.1) is 0 Å². The Bertz CT molecular complexity index is 526. The maximum atomic E-state index is 5.68. The first kappa shape index (κ1) is 13.9. The van der Waals surface area contributed by atoms with Gasteiger partial charge in [-0.1, -0.05) is 38.8 Å². The smallest absolute Gasteiger partial charge is 0.0890 e. The summed E-state index contributed by atoms with van der Waals surface area (Å²) in [6, 6.07) is 7.97. The molecule has 2 atom stereocenters. The van der Waals surface area contributed by atoms with Crippen LogP contribution in [-0.2, 0) is 0 Å². The molecular weight excluding hydrogens is 236 g/mol. The standard InChI is InChI=1S/C15H22N4/c1-3-6-11(2)9-14(19-16)15-10-17-12-7-4-5-8-13(12)18-15/h4-5,7-8,10-11,14,19H,3,6,9,16H2,1-2H3. The summed E-state index contributed by atoms with van der Waals surface area (Å²) in [5.74, 6) is 6.30. The van der Waals surface area contributed by atoms with Gasteiger partial charge in [-0.3, -0.25) is 16.3 Å². The number of para-hydroxylation sites is 2. The van der Waals surface area contributed by atoms with Crippen LogP contribution in [0.4, 0.5) is 0 Å². The number of nitrogens with zero attached hydrogens (tertiary/aromatic N) is 2. The topological polar surface area (TPSA) is 63.8 Å². The maximum absolute atomic E-state index is 5.68. The lowest BCUT2D eigenvalue weighted by atomic mass is 9.96. The summed E-state index contributed by atoms with van der Waals surface area (Å²) in [6.45, 7) is 4.46. The summed E-state index contributed by atoms with van der Waals surface area (Å²) in [6.07, 6.45) is 5.21. The first-order valence-electron chi connectivity index (χ1n) is 6.92. The zero-order valence-corrected chi connectivity index (χ0v) is 11.6. The largest absolute Gasteiger partial charge is 0.271 e. The summed E-state index contributed by atoms with van der Waals surface area (Å²) in [7, 11) is 0. The molecule has 0 aliphatic carbocycles. The third-order valence-corrected chi connectivity index (χ3v) is 3.44. The molecule has 102 valence electrons. The Hall–Kier alpha value is -1.52. The predicted molar refractivity (Wildman–Crippen MR) is 78.3 cm³/mol. The average molecular weight is 258 g/mol. The first-order chi connectivity index (χ1) is 9.24. The average Bonchev–Trinajstić information content (AvgIpc) is 2.44. The molecule has 0 fully saturated rings. The van der Waals surface area contributed by atoms with Crippen molar-refractivity contribution in [3.63, 3.8) is 0 Å².